The maximum atomic E-state index is 5.23. The van der Waals surface area contributed by atoms with Crippen LogP contribution in [0.4, 0.5) is 0 Å². The summed E-state index contributed by atoms with van der Waals surface area (Å²) in [6.45, 7) is 0.846. The van der Waals surface area contributed by atoms with Gasteiger partial charge in [-0.25, -0.2) is 4.98 Å². The average molecular weight is 313 g/mol. The topological polar surface area (TPSA) is 34.2 Å². The summed E-state index contributed by atoms with van der Waals surface area (Å²) in [5.74, 6) is 0.841. The molecule has 0 saturated carbocycles. The van der Waals surface area contributed by atoms with Gasteiger partial charge in [0, 0.05) is 27.7 Å². The van der Waals surface area contributed by atoms with Gasteiger partial charge in [-0.15, -0.1) is 11.3 Å². The average Bonchev–Trinajstić information content (AvgIpc) is 2.79. The van der Waals surface area contributed by atoms with Gasteiger partial charge in [0.2, 0.25) is 0 Å². The van der Waals surface area contributed by atoms with Gasteiger partial charge in [-0.1, -0.05) is 15.9 Å². The molecule has 3 nitrogen and oxygen atoms in total. The number of hydrogen-bond donors (Lipinski definition) is 1. The van der Waals surface area contributed by atoms with Gasteiger partial charge in [-0.2, -0.15) is 0 Å². The highest BCUT2D eigenvalue weighted by molar-refractivity contribution is 9.10. The van der Waals surface area contributed by atoms with Gasteiger partial charge in [-0.3, -0.25) is 0 Å². The predicted octanol–water partition coefficient (Wildman–Crippen LogP) is 3.30. The fraction of sp³-hybridized carbons (Fsp3) is 0.250. The van der Waals surface area contributed by atoms with E-state index in [4.69, 9.17) is 4.74 Å². The van der Waals surface area contributed by atoms with Gasteiger partial charge >= 0.3 is 0 Å². The van der Waals surface area contributed by atoms with E-state index in [9.17, 15) is 0 Å². The van der Waals surface area contributed by atoms with Crippen molar-refractivity contribution in [3.63, 3.8) is 0 Å². The van der Waals surface area contributed by atoms with Gasteiger partial charge in [0.05, 0.1) is 7.11 Å². The molecule has 0 aliphatic rings. The molecule has 17 heavy (non-hydrogen) atoms. The maximum Gasteiger partial charge on any atom is 0.124 e. The zero-order valence-electron chi connectivity index (χ0n) is 9.66. The minimum atomic E-state index is 0.841. The molecule has 0 radical (unpaired) electrons. The summed E-state index contributed by atoms with van der Waals surface area (Å²) < 4.78 is 6.26. The second kappa shape index (κ2) is 5.62. The third kappa shape index (κ3) is 2.86. The Morgan fingerprint density at radius 2 is 2.29 bits per heavy atom. The predicted molar refractivity (Wildman–Crippen MR) is 74.6 cm³/mol. The van der Waals surface area contributed by atoms with Gasteiger partial charge in [-0.05, 0) is 25.2 Å². The molecule has 0 atom stereocenters. The van der Waals surface area contributed by atoms with Crippen LogP contribution in [-0.2, 0) is 6.54 Å². The molecule has 1 heterocycles. The Kier molecular flexibility index (Phi) is 4.15. The van der Waals surface area contributed by atoms with Crippen molar-refractivity contribution >= 4 is 27.3 Å². The molecule has 90 valence electrons. The van der Waals surface area contributed by atoms with Crippen LogP contribution < -0.4 is 10.1 Å². The fourth-order valence-corrected chi connectivity index (χ4v) is 3.00. The first kappa shape index (κ1) is 12.5. The van der Waals surface area contributed by atoms with E-state index < -0.39 is 0 Å². The number of methoxy groups -OCH3 is 1. The van der Waals surface area contributed by atoms with Crippen LogP contribution in [0.1, 0.15) is 4.88 Å². The number of thiazole rings is 1. The first-order valence-corrected chi connectivity index (χ1v) is 6.78. The highest BCUT2D eigenvalue weighted by Crippen LogP contribution is 2.34. The number of nitrogens with zero attached hydrogens (tertiary/aromatic N) is 1. The van der Waals surface area contributed by atoms with Crippen molar-refractivity contribution < 1.29 is 4.74 Å². The van der Waals surface area contributed by atoms with Gasteiger partial charge in [0.15, 0.2) is 0 Å². The van der Waals surface area contributed by atoms with Gasteiger partial charge < -0.3 is 10.1 Å². The van der Waals surface area contributed by atoms with Crippen LogP contribution in [-0.4, -0.2) is 19.1 Å². The number of ether oxygens (including phenoxy) is 1. The van der Waals surface area contributed by atoms with E-state index in [1.807, 2.05) is 31.4 Å². The van der Waals surface area contributed by atoms with Crippen LogP contribution in [0.3, 0.4) is 0 Å². The molecule has 0 bridgehead atoms. The monoisotopic (exact) mass is 312 g/mol. The summed E-state index contributed by atoms with van der Waals surface area (Å²) >= 11 is 5.22. The lowest BCUT2D eigenvalue weighted by atomic mass is 10.2. The molecule has 5 heteroatoms. The van der Waals surface area contributed by atoms with Crippen molar-refractivity contribution in [1.82, 2.24) is 10.3 Å². The van der Waals surface area contributed by atoms with Crippen LogP contribution in [0.25, 0.3) is 10.6 Å². The zero-order chi connectivity index (χ0) is 12.3. The van der Waals surface area contributed by atoms with E-state index >= 15 is 0 Å². The Bertz CT molecular complexity index is 513. The number of aromatic nitrogens is 1. The van der Waals surface area contributed by atoms with E-state index in [0.29, 0.717) is 0 Å². The van der Waals surface area contributed by atoms with E-state index in [1.165, 1.54) is 4.88 Å². The Morgan fingerprint density at radius 3 is 3.00 bits per heavy atom. The van der Waals surface area contributed by atoms with Crippen LogP contribution in [0.2, 0.25) is 0 Å². The Labute approximate surface area is 113 Å². The number of halogens is 1. The summed E-state index contributed by atoms with van der Waals surface area (Å²) in [7, 11) is 3.60. The summed E-state index contributed by atoms with van der Waals surface area (Å²) in [5, 5.41) is 4.12. The Morgan fingerprint density at radius 1 is 1.47 bits per heavy atom. The SMILES string of the molecule is CNCc1cnc(-c2cc(OC)ccc2Br)s1. The lowest BCUT2D eigenvalue weighted by Gasteiger charge is -2.04. The molecule has 0 spiro atoms. The lowest BCUT2D eigenvalue weighted by molar-refractivity contribution is 0.415. The summed E-state index contributed by atoms with van der Waals surface area (Å²) in [4.78, 5) is 5.65. The van der Waals surface area contributed by atoms with Gasteiger partial charge in [0.25, 0.3) is 0 Å². The summed E-state index contributed by atoms with van der Waals surface area (Å²) in [5.41, 5.74) is 1.07. The third-order valence-corrected chi connectivity index (χ3v) is 4.03. The largest absolute Gasteiger partial charge is 0.497 e. The Balaban J connectivity index is 2.37. The van der Waals surface area contributed by atoms with Crippen LogP contribution in [0.5, 0.6) is 5.75 Å². The second-order valence-corrected chi connectivity index (χ2v) is 5.48. The van der Waals surface area contributed by atoms with Crippen LogP contribution in [0.15, 0.2) is 28.9 Å². The fourth-order valence-electron chi connectivity index (χ4n) is 1.48. The standard InChI is InChI=1S/C12H13BrN2OS/c1-14-6-9-7-15-12(17-9)10-5-8(16-2)3-4-11(10)13/h3-5,7,14H,6H2,1-2H3. The molecule has 0 unspecified atom stereocenters. The number of benzene rings is 1. The van der Waals surface area contributed by atoms with Crippen molar-refractivity contribution in [3.05, 3.63) is 33.7 Å². The molecule has 0 saturated heterocycles. The summed E-state index contributed by atoms with van der Waals surface area (Å²) in [6.07, 6.45) is 1.91. The minimum absolute atomic E-state index is 0.841. The molecule has 2 rings (SSSR count). The number of nitrogens with one attached hydrogen (secondary N) is 1. The van der Waals surface area contributed by atoms with Gasteiger partial charge in [0.1, 0.15) is 10.8 Å². The molecule has 0 aliphatic heterocycles. The molecule has 0 aliphatic carbocycles. The highest BCUT2D eigenvalue weighted by Gasteiger charge is 2.09. The number of rotatable bonds is 4. The molecule has 2 aromatic rings. The molecule has 0 fully saturated rings. The smallest absolute Gasteiger partial charge is 0.124 e. The molecule has 1 aromatic carbocycles. The number of hydrogen-bond acceptors (Lipinski definition) is 4. The second-order valence-electron chi connectivity index (χ2n) is 3.51. The van der Waals surface area contributed by atoms with Crippen LogP contribution >= 0.6 is 27.3 Å². The van der Waals surface area contributed by atoms with E-state index in [-0.39, 0.29) is 0 Å². The first-order chi connectivity index (χ1) is 8.24. The quantitative estimate of drug-likeness (QED) is 0.940. The van der Waals surface area contributed by atoms with Crippen molar-refractivity contribution in [2.75, 3.05) is 14.2 Å². The first-order valence-electron chi connectivity index (χ1n) is 5.18. The molecule has 0 amide bonds. The normalized spacial score (nSPS) is 10.5. The Hall–Kier alpha value is -0.910. The van der Waals surface area contributed by atoms with Crippen molar-refractivity contribution in [2.24, 2.45) is 0 Å². The van der Waals surface area contributed by atoms with E-state index in [2.05, 4.69) is 26.2 Å². The third-order valence-electron chi connectivity index (χ3n) is 2.31. The molecular formula is C12H13BrN2OS. The highest BCUT2D eigenvalue weighted by atomic mass is 79.9. The van der Waals surface area contributed by atoms with E-state index in [0.717, 1.165) is 27.3 Å². The molecule has 1 N–H and O–H groups in total. The summed E-state index contributed by atoms with van der Waals surface area (Å²) in [6, 6.07) is 5.90. The molecular weight excluding hydrogens is 300 g/mol. The lowest BCUT2D eigenvalue weighted by Crippen LogP contribution is -2.02. The van der Waals surface area contributed by atoms with Crippen LogP contribution in [0, 0.1) is 0 Å². The van der Waals surface area contributed by atoms with Crippen molar-refractivity contribution in [1.29, 1.82) is 0 Å². The van der Waals surface area contributed by atoms with Crippen molar-refractivity contribution in [2.45, 2.75) is 6.54 Å². The maximum absolute atomic E-state index is 5.23. The molecule has 1 aromatic heterocycles. The zero-order valence-corrected chi connectivity index (χ0v) is 12.1. The van der Waals surface area contributed by atoms with Crippen molar-refractivity contribution in [3.8, 4) is 16.3 Å². The minimum Gasteiger partial charge on any atom is -0.497 e. The van der Waals surface area contributed by atoms with E-state index in [1.54, 1.807) is 18.4 Å².